The highest BCUT2D eigenvalue weighted by Gasteiger charge is 2.36. The van der Waals surface area contributed by atoms with Gasteiger partial charge in [-0.1, -0.05) is 6.07 Å². The number of aromatic nitrogens is 4. The molecule has 1 unspecified atom stereocenters. The number of nitrogens with two attached hydrogens (primary N) is 1. The van der Waals surface area contributed by atoms with E-state index >= 15 is 0 Å². The van der Waals surface area contributed by atoms with E-state index in [-0.39, 0.29) is 23.3 Å². The van der Waals surface area contributed by atoms with E-state index in [1.807, 2.05) is 35.1 Å². The first-order chi connectivity index (χ1) is 18.0. The molecule has 3 atom stereocenters. The van der Waals surface area contributed by atoms with Gasteiger partial charge in [-0.05, 0) is 56.7 Å². The largest absolute Gasteiger partial charge is 0.494 e. The van der Waals surface area contributed by atoms with Crippen LogP contribution in [0.1, 0.15) is 55.1 Å². The molecule has 3 aliphatic rings. The third-order valence-corrected chi connectivity index (χ3v) is 7.24. The summed E-state index contributed by atoms with van der Waals surface area (Å²) in [5.74, 6) is -0.0599. The van der Waals surface area contributed by atoms with Crippen LogP contribution in [0.25, 0.3) is 11.3 Å². The van der Waals surface area contributed by atoms with E-state index < -0.39 is 5.91 Å². The number of primary amides is 1. The van der Waals surface area contributed by atoms with Crippen LogP contribution in [0.2, 0.25) is 0 Å². The van der Waals surface area contributed by atoms with Crippen LogP contribution >= 0.6 is 0 Å². The number of fused-ring (bicyclic) bond motifs is 2. The van der Waals surface area contributed by atoms with Gasteiger partial charge in [0.05, 0.1) is 42.4 Å². The molecular formula is C26H29N7O4. The summed E-state index contributed by atoms with van der Waals surface area (Å²) >= 11 is 0. The van der Waals surface area contributed by atoms with Crippen molar-refractivity contribution in [2.75, 3.05) is 17.7 Å². The summed E-state index contributed by atoms with van der Waals surface area (Å²) in [6, 6.07) is 9.48. The average Bonchev–Trinajstić information content (AvgIpc) is 3.54. The summed E-state index contributed by atoms with van der Waals surface area (Å²) in [5, 5.41) is 18.7. The molecule has 3 fully saturated rings. The van der Waals surface area contributed by atoms with E-state index in [2.05, 4.69) is 20.8 Å². The molecule has 1 aliphatic carbocycles. The number of hydrogen-bond donors (Lipinski definition) is 3. The maximum atomic E-state index is 12.2. The van der Waals surface area contributed by atoms with Crippen LogP contribution in [0.4, 0.5) is 17.2 Å². The number of hydrogen-bond acceptors (Lipinski definition) is 8. The van der Waals surface area contributed by atoms with Gasteiger partial charge in [0.25, 0.3) is 5.91 Å². The van der Waals surface area contributed by atoms with Crippen LogP contribution in [-0.4, -0.2) is 51.1 Å². The van der Waals surface area contributed by atoms with Gasteiger partial charge in [-0.3, -0.25) is 14.3 Å². The number of rotatable bonds is 8. The summed E-state index contributed by atoms with van der Waals surface area (Å²) in [5.41, 5.74) is 7.98. The number of carbonyl (C=O) groups is 2. The van der Waals surface area contributed by atoms with Gasteiger partial charge in [-0.15, -0.1) is 10.2 Å². The second kappa shape index (κ2) is 9.47. The Morgan fingerprint density at radius 3 is 2.57 bits per heavy atom. The molecule has 2 saturated heterocycles. The smallest absolute Gasteiger partial charge is 0.271 e. The third kappa shape index (κ3) is 4.74. The Bertz CT molecular complexity index is 1340. The molecule has 1 aromatic carbocycles. The quantitative estimate of drug-likeness (QED) is 0.424. The molecule has 0 spiro atoms. The predicted molar refractivity (Wildman–Crippen MR) is 136 cm³/mol. The Labute approximate surface area is 213 Å². The molecule has 37 heavy (non-hydrogen) atoms. The van der Waals surface area contributed by atoms with Crippen molar-refractivity contribution in [1.82, 2.24) is 20.0 Å². The molecule has 6 rings (SSSR count). The number of nitrogens with one attached hydrogen (secondary N) is 2. The molecule has 11 nitrogen and oxygen atoms in total. The normalized spacial score (nSPS) is 22.5. The fraction of sp³-hybridized carbons (Fsp3) is 0.423. The minimum atomic E-state index is -0.741. The Kier molecular flexibility index (Phi) is 5.99. The van der Waals surface area contributed by atoms with Crippen molar-refractivity contribution >= 4 is 29.0 Å². The van der Waals surface area contributed by atoms with Crippen LogP contribution in [0.5, 0.6) is 5.75 Å². The lowest BCUT2D eigenvalue weighted by Crippen LogP contribution is -2.27. The van der Waals surface area contributed by atoms with Crippen LogP contribution in [0.3, 0.4) is 0 Å². The lowest BCUT2D eigenvalue weighted by molar-refractivity contribution is -0.117. The monoisotopic (exact) mass is 503 g/mol. The standard InChI is InChI=1S/C26H29N7O4/c1-36-24-18(19-9-10-33(32-19)15-11-16-7-8-17(12-15)37-16)3-2-4-20(24)28-21-13-22(29-26(35)14-5-6-14)30-31-23(21)25(27)34/h2-4,9-10,13-17H,5-8,11-12H2,1H3,(H2,27,34)(H2,28,29,30,35)/t15?,16-,17+. The number of para-hydroxylation sites is 1. The zero-order valence-electron chi connectivity index (χ0n) is 20.5. The zero-order chi connectivity index (χ0) is 25.5. The second-order valence-electron chi connectivity index (χ2n) is 9.89. The summed E-state index contributed by atoms with van der Waals surface area (Å²) in [6.45, 7) is 0. The van der Waals surface area contributed by atoms with Crippen molar-refractivity contribution < 1.29 is 19.1 Å². The minimum absolute atomic E-state index is 0.00176. The number of methoxy groups -OCH3 is 1. The lowest BCUT2D eigenvalue weighted by Gasteiger charge is -2.28. The number of anilines is 3. The van der Waals surface area contributed by atoms with Crippen molar-refractivity contribution in [3.63, 3.8) is 0 Å². The topological polar surface area (TPSA) is 146 Å². The second-order valence-corrected chi connectivity index (χ2v) is 9.89. The van der Waals surface area contributed by atoms with Gasteiger partial charge in [0.15, 0.2) is 17.3 Å². The fourth-order valence-electron chi connectivity index (χ4n) is 5.24. The first-order valence-corrected chi connectivity index (χ1v) is 12.6. The highest BCUT2D eigenvalue weighted by Crippen LogP contribution is 2.41. The molecule has 2 amide bonds. The molecular weight excluding hydrogens is 474 g/mol. The van der Waals surface area contributed by atoms with Gasteiger partial charge in [0.2, 0.25) is 5.91 Å². The molecule has 11 heteroatoms. The van der Waals surface area contributed by atoms with Crippen LogP contribution in [0, 0.1) is 5.92 Å². The molecule has 1 saturated carbocycles. The highest BCUT2D eigenvalue weighted by molar-refractivity contribution is 5.99. The van der Waals surface area contributed by atoms with Gasteiger partial charge in [0, 0.05) is 23.7 Å². The van der Waals surface area contributed by atoms with Crippen LogP contribution in [0.15, 0.2) is 36.5 Å². The van der Waals surface area contributed by atoms with E-state index in [9.17, 15) is 9.59 Å². The van der Waals surface area contributed by atoms with E-state index in [4.69, 9.17) is 20.3 Å². The Hall–Kier alpha value is -3.99. The SMILES string of the molecule is COc1c(Nc2cc(NC(=O)C3CC3)nnc2C(N)=O)cccc1-c1ccn(C2C[C@H]3CC[C@@H](C2)O3)n1. The lowest BCUT2D eigenvalue weighted by atomic mass is 10.0. The summed E-state index contributed by atoms with van der Waals surface area (Å²) in [7, 11) is 1.58. The van der Waals surface area contributed by atoms with Gasteiger partial charge >= 0.3 is 0 Å². The molecule has 4 heterocycles. The molecule has 2 bridgehead atoms. The van der Waals surface area contributed by atoms with Crippen molar-refractivity contribution in [3.05, 3.63) is 42.2 Å². The van der Waals surface area contributed by atoms with E-state index in [1.165, 1.54) is 0 Å². The van der Waals surface area contributed by atoms with Crippen molar-refractivity contribution in [1.29, 1.82) is 0 Å². The fourth-order valence-corrected chi connectivity index (χ4v) is 5.24. The van der Waals surface area contributed by atoms with Gasteiger partial charge < -0.3 is 25.8 Å². The van der Waals surface area contributed by atoms with Crippen LogP contribution < -0.4 is 21.1 Å². The van der Waals surface area contributed by atoms with Crippen molar-refractivity contribution in [3.8, 4) is 17.0 Å². The zero-order valence-corrected chi connectivity index (χ0v) is 20.5. The molecule has 2 aliphatic heterocycles. The van der Waals surface area contributed by atoms with Crippen molar-refractivity contribution in [2.24, 2.45) is 11.7 Å². The van der Waals surface area contributed by atoms with Gasteiger partial charge in [-0.25, -0.2) is 0 Å². The van der Waals surface area contributed by atoms with E-state index in [0.29, 0.717) is 35.4 Å². The summed E-state index contributed by atoms with van der Waals surface area (Å²) in [4.78, 5) is 24.2. The Morgan fingerprint density at radius 2 is 1.86 bits per heavy atom. The highest BCUT2D eigenvalue weighted by atomic mass is 16.5. The molecule has 192 valence electrons. The minimum Gasteiger partial charge on any atom is -0.494 e. The molecule has 0 radical (unpaired) electrons. The number of benzene rings is 1. The molecule has 4 N–H and O–H groups in total. The molecule has 3 aromatic rings. The summed E-state index contributed by atoms with van der Waals surface area (Å²) in [6.07, 6.45) is 8.58. The van der Waals surface area contributed by atoms with E-state index in [1.54, 1.807) is 13.2 Å². The first-order valence-electron chi connectivity index (χ1n) is 12.6. The average molecular weight is 504 g/mol. The predicted octanol–water partition coefficient (Wildman–Crippen LogP) is 3.42. The maximum Gasteiger partial charge on any atom is 0.271 e. The Balaban J connectivity index is 1.28. The van der Waals surface area contributed by atoms with Crippen molar-refractivity contribution in [2.45, 2.75) is 56.8 Å². The number of ether oxygens (including phenoxy) is 2. The molecule has 2 aromatic heterocycles. The Morgan fingerprint density at radius 1 is 1.08 bits per heavy atom. The number of carbonyl (C=O) groups excluding carboxylic acids is 2. The number of amides is 2. The third-order valence-electron chi connectivity index (χ3n) is 7.24. The van der Waals surface area contributed by atoms with E-state index in [0.717, 1.165) is 49.8 Å². The van der Waals surface area contributed by atoms with Gasteiger partial charge in [0.1, 0.15) is 0 Å². The number of nitrogens with zero attached hydrogens (tertiary/aromatic N) is 4. The van der Waals surface area contributed by atoms with Crippen LogP contribution in [-0.2, 0) is 9.53 Å². The summed E-state index contributed by atoms with van der Waals surface area (Å²) < 4.78 is 13.8. The first kappa shape index (κ1) is 23.4. The maximum absolute atomic E-state index is 12.2. The van der Waals surface area contributed by atoms with Gasteiger partial charge in [-0.2, -0.15) is 5.10 Å².